The number of hydrogen-bond donors (Lipinski definition) is 2. The number of carbonyl (C=O) groups excluding carboxylic acids is 2. The summed E-state index contributed by atoms with van der Waals surface area (Å²) >= 11 is 0. The van der Waals surface area contributed by atoms with Crippen LogP contribution in [0.5, 0.6) is 0 Å². The van der Waals surface area contributed by atoms with Crippen molar-refractivity contribution in [2.24, 2.45) is 0 Å². The monoisotopic (exact) mass is 279 g/mol. The molecule has 0 radical (unpaired) electrons. The maximum absolute atomic E-state index is 12.3. The van der Waals surface area contributed by atoms with Crippen LogP contribution in [0.2, 0.25) is 0 Å². The normalized spacial score (nSPS) is 18.8. The van der Waals surface area contributed by atoms with E-state index in [1.165, 1.54) is 15.5 Å². The zero-order valence-corrected chi connectivity index (χ0v) is 11.2. The number of carboxylic acids is 1. The summed E-state index contributed by atoms with van der Waals surface area (Å²) in [7, 11) is 0. The minimum atomic E-state index is -1.08. The van der Waals surface area contributed by atoms with Gasteiger partial charge in [0.25, 0.3) is 0 Å². The predicted molar refractivity (Wildman–Crippen MR) is 70.2 cm³/mol. The van der Waals surface area contributed by atoms with E-state index in [4.69, 9.17) is 5.11 Å². The first-order valence-electron chi connectivity index (χ1n) is 6.50. The maximum Gasteiger partial charge on any atom is 0.352 e. The number of carbonyl (C=O) groups is 3. The highest BCUT2D eigenvalue weighted by atomic mass is 16.4. The van der Waals surface area contributed by atoms with Crippen LogP contribution < -0.4 is 5.32 Å². The van der Waals surface area contributed by atoms with E-state index in [0.29, 0.717) is 19.5 Å². The van der Waals surface area contributed by atoms with E-state index in [1.807, 2.05) is 6.92 Å². The summed E-state index contributed by atoms with van der Waals surface area (Å²) in [5.74, 6) is -1.48. The lowest BCUT2D eigenvalue weighted by molar-refractivity contribution is -0.143. The molecule has 1 unspecified atom stereocenters. The van der Waals surface area contributed by atoms with Gasteiger partial charge in [0.15, 0.2) is 0 Å². The molecule has 1 aliphatic rings. The first-order valence-corrected chi connectivity index (χ1v) is 6.50. The fourth-order valence-corrected chi connectivity index (χ4v) is 2.40. The highest BCUT2D eigenvalue weighted by Gasteiger charge is 2.31. The lowest BCUT2D eigenvalue weighted by Gasteiger charge is -2.34. The molecule has 1 atom stereocenters. The van der Waals surface area contributed by atoms with E-state index in [0.717, 1.165) is 0 Å². The molecule has 2 rings (SSSR count). The fraction of sp³-hybridized carbons (Fsp3) is 0.462. The molecule has 0 aliphatic carbocycles. The summed E-state index contributed by atoms with van der Waals surface area (Å²) < 4.78 is 1.38. The molecular weight excluding hydrogens is 262 g/mol. The van der Waals surface area contributed by atoms with Gasteiger partial charge in [-0.05, 0) is 18.6 Å². The number of nitrogens with one attached hydrogen (secondary N) is 1. The molecule has 0 spiro atoms. The van der Waals surface area contributed by atoms with Gasteiger partial charge in [0.05, 0.1) is 0 Å². The third kappa shape index (κ3) is 2.66. The molecule has 1 aromatic heterocycles. The van der Waals surface area contributed by atoms with E-state index >= 15 is 0 Å². The summed E-state index contributed by atoms with van der Waals surface area (Å²) in [5.41, 5.74) is 0.0628. The van der Waals surface area contributed by atoms with Gasteiger partial charge in [-0.3, -0.25) is 9.59 Å². The Kier molecular flexibility index (Phi) is 4.07. The Morgan fingerprint density at radius 1 is 1.50 bits per heavy atom. The molecule has 0 bridgehead atoms. The molecular formula is C13H17N3O4. The molecule has 1 aromatic rings. The molecule has 1 fully saturated rings. The number of hydrogen-bond acceptors (Lipinski definition) is 3. The Morgan fingerprint density at radius 2 is 2.25 bits per heavy atom. The molecule has 7 heteroatoms. The van der Waals surface area contributed by atoms with Gasteiger partial charge in [-0.15, -0.1) is 0 Å². The first-order chi connectivity index (χ1) is 9.54. The van der Waals surface area contributed by atoms with Crippen LogP contribution in [0.15, 0.2) is 18.3 Å². The zero-order chi connectivity index (χ0) is 14.7. The molecule has 7 nitrogen and oxygen atoms in total. The molecule has 1 saturated heterocycles. The lowest BCUT2D eigenvalue weighted by Crippen LogP contribution is -2.57. The maximum atomic E-state index is 12.3. The molecule has 1 aliphatic heterocycles. The van der Waals surface area contributed by atoms with Crippen LogP contribution in [0.3, 0.4) is 0 Å². The third-order valence-electron chi connectivity index (χ3n) is 3.39. The second kappa shape index (κ2) is 5.77. The highest BCUT2D eigenvalue weighted by molar-refractivity contribution is 5.90. The van der Waals surface area contributed by atoms with Crippen LogP contribution in [0, 0.1) is 0 Å². The minimum Gasteiger partial charge on any atom is -0.477 e. The van der Waals surface area contributed by atoms with Gasteiger partial charge in [0, 0.05) is 19.3 Å². The Balaban J connectivity index is 2.12. The van der Waals surface area contributed by atoms with Crippen molar-refractivity contribution in [3.05, 3.63) is 24.0 Å². The molecule has 2 amide bonds. The van der Waals surface area contributed by atoms with E-state index in [9.17, 15) is 14.4 Å². The quantitative estimate of drug-likeness (QED) is 0.806. The highest BCUT2D eigenvalue weighted by Crippen LogP contribution is 2.11. The van der Waals surface area contributed by atoms with Crippen molar-refractivity contribution in [2.45, 2.75) is 25.9 Å². The van der Waals surface area contributed by atoms with Crippen molar-refractivity contribution in [3.8, 4) is 0 Å². The standard InChI is InChI=1S/C13H17N3O4/c1-2-9-12(18)14-5-7-16(9)11(17)8-15-6-3-4-10(15)13(19)20/h3-4,6,9H,2,5,7-8H2,1H3,(H,14,18)(H,19,20). The van der Waals surface area contributed by atoms with E-state index in [2.05, 4.69) is 5.32 Å². The first kappa shape index (κ1) is 14.1. The largest absolute Gasteiger partial charge is 0.477 e. The van der Waals surface area contributed by atoms with Crippen molar-refractivity contribution in [1.82, 2.24) is 14.8 Å². The van der Waals surface area contributed by atoms with Gasteiger partial charge >= 0.3 is 5.97 Å². The smallest absolute Gasteiger partial charge is 0.352 e. The lowest BCUT2D eigenvalue weighted by atomic mass is 10.1. The summed E-state index contributed by atoms with van der Waals surface area (Å²) in [4.78, 5) is 36.5. The Bertz CT molecular complexity index is 537. The van der Waals surface area contributed by atoms with Crippen molar-refractivity contribution in [1.29, 1.82) is 0 Å². The second-order valence-corrected chi connectivity index (χ2v) is 4.63. The Hall–Kier alpha value is -2.31. The number of piperazine rings is 1. The Labute approximate surface area is 116 Å². The molecule has 0 saturated carbocycles. The predicted octanol–water partition coefficient (Wildman–Crippen LogP) is -0.0767. The van der Waals surface area contributed by atoms with Crippen molar-refractivity contribution < 1.29 is 19.5 Å². The molecule has 2 N–H and O–H groups in total. The van der Waals surface area contributed by atoms with E-state index < -0.39 is 12.0 Å². The summed E-state index contributed by atoms with van der Waals surface area (Å²) in [6, 6.07) is 2.55. The number of aromatic carboxylic acids is 1. The number of nitrogens with zero attached hydrogens (tertiary/aromatic N) is 2. The molecule has 2 heterocycles. The summed E-state index contributed by atoms with van der Waals surface area (Å²) in [6.45, 7) is 2.65. The zero-order valence-electron chi connectivity index (χ0n) is 11.2. The number of rotatable bonds is 4. The van der Waals surface area contributed by atoms with Gasteiger partial charge in [-0.2, -0.15) is 0 Å². The molecule has 108 valence electrons. The van der Waals surface area contributed by atoms with Crippen LogP contribution in [0.4, 0.5) is 0 Å². The van der Waals surface area contributed by atoms with Gasteiger partial charge in [0.1, 0.15) is 18.3 Å². The van der Waals surface area contributed by atoms with Crippen molar-refractivity contribution in [2.75, 3.05) is 13.1 Å². The van der Waals surface area contributed by atoms with Crippen molar-refractivity contribution >= 4 is 17.8 Å². The topological polar surface area (TPSA) is 91.6 Å². The van der Waals surface area contributed by atoms with Gasteiger partial charge in [0.2, 0.25) is 11.8 Å². The van der Waals surface area contributed by atoms with Gasteiger partial charge < -0.3 is 19.9 Å². The summed E-state index contributed by atoms with van der Waals surface area (Å²) in [6.07, 6.45) is 2.08. The Morgan fingerprint density at radius 3 is 2.90 bits per heavy atom. The van der Waals surface area contributed by atoms with Crippen LogP contribution in [-0.4, -0.2) is 51.5 Å². The SMILES string of the molecule is CCC1C(=O)NCCN1C(=O)Cn1cccc1C(=O)O. The van der Waals surface area contributed by atoms with Gasteiger partial charge in [-0.1, -0.05) is 6.92 Å². The van der Waals surface area contributed by atoms with Crippen LogP contribution >= 0.6 is 0 Å². The van der Waals surface area contributed by atoms with E-state index in [1.54, 1.807) is 12.3 Å². The minimum absolute atomic E-state index is 0.0628. The average molecular weight is 279 g/mol. The number of aromatic nitrogens is 1. The third-order valence-corrected chi connectivity index (χ3v) is 3.39. The number of carboxylic acid groups (broad SMARTS) is 1. The van der Waals surface area contributed by atoms with Crippen LogP contribution in [-0.2, 0) is 16.1 Å². The van der Waals surface area contributed by atoms with Crippen molar-refractivity contribution in [3.63, 3.8) is 0 Å². The summed E-state index contributed by atoms with van der Waals surface area (Å²) in [5, 5.41) is 11.7. The van der Waals surface area contributed by atoms with E-state index in [-0.39, 0.29) is 24.1 Å². The van der Waals surface area contributed by atoms with Gasteiger partial charge in [-0.25, -0.2) is 4.79 Å². The molecule has 0 aromatic carbocycles. The molecule has 20 heavy (non-hydrogen) atoms. The van der Waals surface area contributed by atoms with Crippen LogP contribution in [0.1, 0.15) is 23.8 Å². The van der Waals surface area contributed by atoms with Crippen LogP contribution in [0.25, 0.3) is 0 Å². The second-order valence-electron chi connectivity index (χ2n) is 4.63. The number of amides is 2. The average Bonchev–Trinajstić information content (AvgIpc) is 2.86. The fourth-order valence-electron chi connectivity index (χ4n) is 2.40.